The lowest BCUT2D eigenvalue weighted by Crippen LogP contribution is -2.28. The first-order chi connectivity index (χ1) is 9.61. The van der Waals surface area contributed by atoms with Crippen molar-refractivity contribution in [3.05, 3.63) is 46.9 Å². The fourth-order valence-corrected chi connectivity index (χ4v) is 2.17. The van der Waals surface area contributed by atoms with E-state index in [4.69, 9.17) is 17.3 Å². The summed E-state index contributed by atoms with van der Waals surface area (Å²) in [4.78, 5) is 10.1. The molecular weight excluding hydrogens is 276 g/mol. The van der Waals surface area contributed by atoms with Crippen molar-refractivity contribution in [1.29, 1.82) is 0 Å². The Labute approximate surface area is 123 Å². The minimum absolute atomic E-state index is 0.00689. The van der Waals surface area contributed by atoms with Gasteiger partial charge in [-0.3, -0.25) is 0 Å². The van der Waals surface area contributed by atoms with E-state index in [0.29, 0.717) is 30.3 Å². The third-order valence-electron chi connectivity index (χ3n) is 2.97. The second kappa shape index (κ2) is 6.54. The van der Waals surface area contributed by atoms with Crippen molar-refractivity contribution in [2.45, 2.75) is 13.5 Å². The molecule has 1 heterocycles. The molecule has 2 rings (SSSR count). The van der Waals surface area contributed by atoms with Crippen LogP contribution in [0, 0.1) is 6.92 Å². The minimum Gasteiger partial charge on any atom is -0.395 e. The first-order valence-corrected chi connectivity index (χ1v) is 6.69. The quantitative estimate of drug-likeness (QED) is 0.825. The minimum atomic E-state index is 0.00689. The fourth-order valence-electron chi connectivity index (χ4n) is 1.96. The second-order valence-electron chi connectivity index (χ2n) is 4.45. The van der Waals surface area contributed by atoms with Crippen LogP contribution in [0.5, 0.6) is 0 Å². The molecule has 106 valence electrons. The number of aliphatic hydroxyl groups is 1. The number of hydrogen-bond acceptors (Lipinski definition) is 5. The Morgan fingerprint density at radius 2 is 1.95 bits per heavy atom. The molecule has 2 aromatic rings. The molecule has 20 heavy (non-hydrogen) atoms. The zero-order valence-corrected chi connectivity index (χ0v) is 12.0. The van der Waals surface area contributed by atoms with Gasteiger partial charge in [-0.2, -0.15) is 4.98 Å². The van der Waals surface area contributed by atoms with E-state index in [1.54, 1.807) is 6.92 Å². The SMILES string of the molecule is Cc1nc(Cl)nc(N(CCO)Cc2ccccc2)c1N. The normalized spacial score (nSPS) is 10.6. The smallest absolute Gasteiger partial charge is 0.224 e. The molecule has 1 aromatic heterocycles. The summed E-state index contributed by atoms with van der Waals surface area (Å²) in [6.07, 6.45) is 0. The largest absolute Gasteiger partial charge is 0.395 e. The van der Waals surface area contributed by atoms with E-state index in [9.17, 15) is 5.11 Å². The molecule has 1 aromatic carbocycles. The summed E-state index contributed by atoms with van der Waals surface area (Å²) in [5, 5.41) is 9.40. The van der Waals surface area contributed by atoms with Crippen LogP contribution >= 0.6 is 11.6 Å². The van der Waals surface area contributed by atoms with Crippen molar-refractivity contribution in [3.8, 4) is 0 Å². The molecule has 0 atom stereocenters. The van der Waals surface area contributed by atoms with Gasteiger partial charge in [0.2, 0.25) is 5.28 Å². The van der Waals surface area contributed by atoms with Gasteiger partial charge >= 0.3 is 0 Å². The van der Waals surface area contributed by atoms with Crippen molar-refractivity contribution >= 4 is 23.1 Å². The number of aryl methyl sites for hydroxylation is 1. The van der Waals surface area contributed by atoms with Gasteiger partial charge in [-0.15, -0.1) is 0 Å². The van der Waals surface area contributed by atoms with Gasteiger partial charge < -0.3 is 15.7 Å². The number of benzene rings is 1. The van der Waals surface area contributed by atoms with E-state index in [0.717, 1.165) is 5.56 Å². The van der Waals surface area contributed by atoms with E-state index in [2.05, 4.69) is 9.97 Å². The molecule has 5 nitrogen and oxygen atoms in total. The summed E-state index contributed by atoms with van der Waals surface area (Å²) in [6.45, 7) is 2.81. The van der Waals surface area contributed by atoms with E-state index in [-0.39, 0.29) is 11.9 Å². The lowest BCUT2D eigenvalue weighted by atomic mass is 10.2. The Kier molecular flexibility index (Phi) is 4.76. The van der Waals surface area contributed by atoms with Gasteiger partial charge in [-0.1, -0.05) is 30.3 Å². The topological polar surface area (TPSA) is 75.3 Å². The Morgan fingerprint density at radius 3 is 2.60 bits per heavy atom. The summed E-state index contributed by atoms with van der Waals surface area (Å²) in [5.74, 6) is 0.556. The number of nitrogen functional groups attached to an aromatic ring is 1. The van der Waals surface area contributed by atoms with Gasteiger partial charge in [0.25, 0.3) is 0 Å². The summed E-state index contributed by atoms with van der Waals surface area (Å²) in [5.41, 5.74) is 8.25. The lowest BCUT2D eigenvalue weighted by Gasteiger charge is -2.24. The Bertz CT molecular complexity index is 577. The molecule has 0 saturated heterocycles. The highest BCUT2D eigenvalue weighted by Gasteiger charge is 2.15. The third-order valence-corrected chi connectivity index (χ3v) is 3.14. The zero-order chi connectivity index (χ0) is 14.5. The monoisotopic (exact) mass is 292 g/mol. The first kappa shape index (κ1) is 14.6. The third kappa shape index (κ3) is 3.37. The lowest BCUT2D eigenvalue weighted by molar-refractivity contribution is 0.301. The van der Waals surface area contributed by atoms with Crippen LogP contribution in [-0.4, -0.2) is 28.2 Å². The van der Waals surface area contributed by atoms with Crippen LogP contribution in [0.15, 0.2) is 30.3 Å². The number of nitrogens with zero attached hydrogens (tertiary/aromatic N) is 3. The van der Waals surface area contributed by atoms with Crippen molar-refractivity contribution in [2.75, 3.05) is 23.8 Å². The predicted molar refractivity (Wildman–Crippen MR) is 80.8 cm³/mol. The molecule has 0 unspecified atom stereocenters. The number of aromatic nitrogens is 2. The van der Waals surface area contributed by atoms with Crippen LogP contribution in [0.1, 0.15) is 11.3 Å². The van der Waals surface area contributed by atoms with Gasteiger partial charge in [0.1, 0.15) is 0 Å². The van der Waals surface area contributed by atoms with E-state index >= 15 is 0 Å². The summed E-state index contributed by atoms with van der Waals surface area (Å²) >= 11 is 5.90. The molecule has 0 aliphatic rings. The average molecular weight is 293 g/mol. The highest BCUT2D eigenvalue weighted by atomic mass is 35.5. The molecule has 0 saturated carbocycles. The molecule has 0 radical (unpaired) electrons. The molecule has 0 bridgehead atoms. The standard InChI is InChI=1S/C14H17ClN4O/c1-10-12(16)13(18-14(15)17-10)19(7-8-20)9-11-5-3-2-4-6-11/h2-6,20H,7-9,16H2,1H3. The van der Waals surface area contributed by atoms with E-state index in [1.165, 1.54) is 0 Å². The fraction of sp³-hybridized carbons (Fsp3) is 0.286. The van der Waals surface area contributed by atoms with E-state index in [1.807, 2.05) is 35.2 Å². The molecule has 6 heteroatoms. The maximum absolute atomic E-state index is 9.25. The Balaban J connectivity index is 2.33. The van der Waals surface area contributed by atoms with Gasteiger partial charge in [0.05, 0.1) is 18.0 Å². The first-order valence-electron chi connectivity index (χ1n) is 6.31. The maximum atomic E-state index is 9.25. The van der Waals surface area contributed by atoms with Gasteiger partial charge in [-0.05, 0) is 24.1 Å². The van der Waals surface area contributed by atoms with Gasteiger partial charge in [0, 0.05) is 13.1 Å². The summed E-state index contributed by atoms with van der Waals surface area (Å²) < 4.78 is 0. The summed E-state index contributed by atoms with van der Waals surface area (Å²) in [6, 6.07) is 9.91. The van der Waals surface area contributed by atoms with Gasteiger partial charge in [-0.25, -0.2) is 4.98 Å². The van der Waals surface area contributed by atoms with Crippen LogP contribution < -0.4 is 10.6 Å². The number of anilines is 2. The molecule has 0 spiro atoms. The van der Waals surface area contributed by atoms with Crippen LogP contribution in [0.3, 0.4) is 0 Å². The van der Waals surface area contributed by atoms with Crippen molar-refractivity contribution in [3.63, 3.8) is 0 Å². The zero-order valence-electron chi connectivity index (χ0n) is 11.3. The highest BCUT2D eigenvalue weighted by Crippen LogP contribution is 2.25. The average Bonchev–Trinajstić information content (AvgIpc) is 2.43. The summed E-state index contributed by atoms with van der Waals surface area (Å²) in [7, 11) is 0. The number of rotatable bonds is 5. The molecule has 0 amide bonds. The van der Waals surface area contributed by atoms with Gasteiger partial charge in [0.15, 0.2) is 5.82 Å². The number of nitrogens with two attached hydrogens (primary N) is 1. The molecule has 0 aliphatic carbocycles. The predicted octanol–water partition coefficient (Wildman–Crippen LogP) is 2.02. The van der Waals surface area contributed by atoms with Crippen LogP contribution in [0.25, 0.3) is 0 Å². The van der Waals surface area contributed by atoms with Crippen LogP contribution in [0.4, 0.5) is 11.5 Å². The molecule has 0 fully saturated rings. The molecule has 3 N–H and O–H groups in total. The maximum Gasteiger partial charge on any atom is 0.224 e. The van der Waals surface area contributed by atoms with Crippen LogP contribution in [0.2, 0.25) is 5.28 Å². The molecule has 0 aliphatic heterocycles. The van der Waals surface area contributed by atoms with Crippen LogP contribution in [-0.2, 0) is 6.54 Å². The molecular formula is C14H17ClN4O. The number of halogens is 1. The Hall–Kier alpha value is -1.85. The van der Waals surface area contributed by atoms with Crippen molar-refractivity contribution in [2.24, 2.45) is 0 Å². The number of aliphatic hydroxyl groups excluding tert-OH is 1. The number of hydrogen-bond donors (Lipinski definition) is 2. The Morgan fingerprint density at radius 1 is 1.25 bits per heavy atom. The highest BCUT2D eigenvalue weighted by molar-refractivity contribution is 6.28. The van der Waals surface area contributed by atoms with E-state index < -0.39 is 0 Å². The van der Waals surface area contributed by atoms with Crippen molar-refractivity contribution in [1.82, 2.24) is 9.97 Å². The second-order valence-corrected chi connectivity index (χ2v) is 4.78. The van der Waals surface area contributed by atoms with Crippen molar-refractivity contribution < 1.29 is 5.11 Å².